The van der Waals surface area contributed by atoms with Crippen molar-refractivity contribution in [3.63, 3.8) is 0 Å². The molecule has 109 valence electrons. The lowest BCUT2D eigenvalue weighted by Crippen LogP contribution is -2.17. The Kier molecular flexibility index (Phi) is 4.90. The summed E-state index contributed by atoms with van der Waals surface area (Å²) in [4.78, 5) is 0. The van der Waals surface area contributed by atoms with Gasteiger partial charge in [0.1, 0.15) is 0 Å². The monoisotopic (exact) mass is 279 g/mol. The fraction of sp³-hybridized carbons (Fsp3) is 0.368. The van der Waals surface area contributed by atoms with E-state index in [-0.39, 0.29) is 11.4 Å². The summed E-state index contributed by atoms with van der Waals surface area (Å²) in [6.45, 7) is 10.6. The predicted octanol–water partition coefficient (Wildman–Crippen LogP) is 5.25. The minimum Gasteiger partial charge on any atom is -0.429 e. The Bertz CT molecular complexity index is 519. The van der Waals surface area contributed by atoms with Crippen LogP contribution in [0.15, 0.2) is 48.5 Å². The Morgan fingerprint density at radius 1 is 0.762 bits per heavy atom. The summed E-state index contributed by atoms with van der Waals surface area (Å²) in [7, 11) is 1.94. The molecular weight excluding hydrogens is 255 g/mol. The third-order valence-electron chi connectivity index (χ3n) is 3.32. The summed E-state index contributed by atoms with van der Waals surface area (Å²) >= 11 is 0. The average Bonchev–Trinajstić information content (AvgIpc) is 2.41. The van der Waals surface area contributed by atoms with Gasteiger partial charge < -0.3 is 4.65 Å². The Hall–Kier alpha value is -1.54. The van der Waals surface area contributed by atoms with Crippen molar-refractivity contribution in [2.24, 2.45) is 0 Å². The highest BCUT2D eigenvalue weighted by molar-refractivity contribution is 6.31. The first kappa shape index (κ1) is 15.8. The minimum absolute atomic E-state index is 0.0354. The molecule has 0 N–H and O–H groups in total. The second-order valence-electron chi connectivity index (χ2n) is 6.82. The first-order valence-corrected chi connectivity index (χ1v) is 7.48. The maximum atomic E-state index is 6.13. The van der Waals surface area contributed by atoms with Gasteiger partial charge in [-0.15, -0.1) is 0 Å². The molecule has 0 saturated heterocycles. The van der Waals surface area contributed by atoms with Crippen molar-refractivity contribution < 1.29 is 4.65 Å². The fourth-order valence-corrected chi connectivity index (χ4v) is 2.10. The fourth-order valence-electron chi connectivity index (χ4n) is 2.10. The highest BCUT2D eigenvalue weighted by Crippen LogP contribution is 2.30. The van der Waals surface area contributed by atoms with Gasteiger partial charge in [0.05, 0.1) is 6.10 Å². The molecule has 0 unspecified atom stereocenters. The maximum Gasteiger partial charge on any atom is 0.299 e. The van der Waals surface area contributed by atoms with Gasteiger partial charge in [0.2, 0.25) is 0 Å². The average molecular weight is 279 g/mol. The van der Waals surface area contributed by atoms with Crippen LogP contribution in [0.1, 0.15) is 49.1 Å². The standard InChI is InChI=1S/C19H24BO/c1-14-6-10-16(11-7-14)18(21-20-19(3,4)5)17-12-8-15(2)9-13-17/h6-13,18H,1-5H3. The van der Waals surface area contributed by atoms with Crippen molar-refractivity contribution in [3.05, 3.63) is 70.8 Å². The summed E-state index contributed by atoms with van der Waals surface area (Å²) in [5, 5.41) is 0.0354. The zero-order valence-electron chi connectivity index (χ0n) is 13.7. The summed E-state index contributed by atoms with van der Waals surface area (Å²) in [6, 6.07) is 17.1. The van der Waals surface area contributed by atoms with Gasteiger partial charge in [-0.3, -0.25) is 0 Å². The van der Waals surface area contributed by atoms with E-state index < -0.39 is 0 Å². The molecule has 0 aliphatic rings. The SMILES string of the molecule is Cc1ccc(C(O[B]C(C)(C)C)c2ccc(C)cc2)cc1. The van der Waals surface area contributed by atoms with Crippen molar-refractivity contribution in [3.8, 4) is 0 Å². The van der Waals surface area contributed by atoms with Crippen molar-refractivity contribution in [1.29, 1.82) is 0 Å². The van der Waals surface area contributed by atoms with Crippen molar-refractivity contribution in [2.75, 3.05) is 0 Å². The molecule has 0 atom stereocenters. The first-order valence-electron chi connectivity index (χ1n) is 7.48. The highest BCUT2D eigenvalue weighted by Gasteiger charge is 2.20. The Morgan fingerprint density at radius 2 is 1.14 bits per heavy atom. The number of benzene rings is 2. The summed E-state index contributed by atoms with van der Waals surface area (Å²) < 4.78 is 6.13. The number of aryl methyl sites for hydroxylation is 2. The zero-order valence-corrected chi connectivity index (χ0v) is 13.7. The molecule has 0 saturated carbocycles. The summed E-state index contributed by atoms with van der Waals surface area (Å²) in [5.41, 5.74) is 4.90. The largest absolute Gasteiger partial charge is 0.429 e. The predicted molar refractivity (Wildman–Crippen MR) is 90.8 cm³/mol. The molecule has 2 aromatic rings. The first-order chi connectivity index (χ1) is 9.85. The molecule has 1 radical (unpaired) electrons. The van der Waals surface area contributed by atoms with Crippen LogP contribution in [0.3, 0.4) is 0 Å². The number of rotatable bonds is 4. The van der Waals surface area contributed by atoms with Gasteiger partial charge >= 0.3 is 0 Å². The van der Waals surface area contributed by atoms with Crippen LogP contribution in [0.25, 0.3) is 0 Å². The van der Waals surface area contributed by atoms with E-state index in [1.54, 1.807) is 0 Å². The van der Waals surface area contributed by atoms with E-state index in [1.807, 2.05) is 7.48 Å². The molecule has 2 rings (SSSR count). The van der Waals surface area contributed by atoms with Crippen LogP contribution in [0.4, 0.5) is 0 Å². The topological polar surface area (TPSA) is 9.23 Å². The van der Waals surface area contributed by atoms with Crippen LogP contribution in [0.2, 0.25) is 5.31 Å². The molecule has 0 aliphatic carbocycles. The summed E-state index contributed by atoms with van der Waals surface area (Å²) in [6.07, 6.45) is -0.0505. The van der Waals surface area contributed by atoms with Crippen LogP contribution < -0.4 is 0 Å². The van der Waals surface area contributed by atoms with Crippen molar-refractivity contribution >= 4 is 7.48 Å². The Labute approximate surface area is 129 Å². The zero-order chi connectivity index (χ0) is 15.5. The van der Waals surface area contributed by atoms with Crippen molar-refractivity contribution in [1.82, 2.24) is 0 Å². The number of hydrogen-bond donors (Lipinski definition) is 0. The molecule has 0 fully saturated rings. The normalized spacial score (nSPS) is 11.7. The lowest BCUT2D eigenvalue weighted by Gasteiger charge is -2.24. The van der Waals surface area contributed by atoms with Gasteiger partial charge in [0.25, 0.3) is 7.48 Å². The lowest BCUT2D eigenvalue weighted by molar-refractivity contribution is 0.250. The highest BCUT2D eigenvalue weighted by atomic mass is 16.4. The van der Waals surface area contributed by atoms with Gasteiger partial charge in [0, 0.05) is 0 Å². The molecule has 1 nitrogen and oxygen atoms in total. The van der Waals surface area contributed by atoms with Gasteiger partial charge in [-0.05, 0) is 30.3 Å². The van der Waals surface area contributed by atoms with Gasteiger partial charge in [-0.2, -0.15) is 0 Å². The molecular formula is C19H24BO. The third kappa shape index (κ3) is 4.75. The molecule has 21 heavy (non-hydrogen) atoms. The molecule has 0 aromatic heterocycles. The maximum absolute atomic E-state index is 6.13. The molecule has 2 aromatic carbocycles. The van der Waals surface area contributed by atoms with Crippen LogP contribution in [0, 0.1) is 13.8 Å². The quantitative estimate of drug-likeness (QED) is 0.695. The van der Waals surface area contributed by atoms with E-state index in [0.717, 1.165) is 0 Å². The molecule has 0 spiro atoms. The van der Waals surface area contributed by atoms with E-state index in [4.69, 9.17) is 4.65 Å². The molecule has 0 aliphatic heterocycles. The second-order valence-corrected chi connectivity index (χ2v) is 6.82. The van der Waals surface area contributed by atoms with E-state index >= 15 is 0 Å². The van der Waals surface area contributed by atoms with Crippen LogP contribution >= 0.6 is 0 Å². The molecule has 0 heterocycles. The number of hydrogen-bond acceptors (Lipinski definition) is 1. The third-order valence-corrected chi connectivity index (χ3v) is 3.32. The van der Waals surface area contributed by atoms with Crippen LogP contribution in [-0.4, -0.2) is 7.48 Å². The van der Waals surface area contributed by atoms with Gasteiger partial charge in [-0.1, -0.05) is 80.4 Å². The van der Waals surface area contributed by atoms with Crippen LogP contribution in [-0.2, 0) is 4.65 Å². The van der Waals surface area contributed by atoms with E-state index in [9.17, 15) is 0 Å². The smallest absolute Gasteiger partial charge is 0.299 e. The Morgan fingerprint density at radius 3 is 1.48 bits per heavy atom. The molecule has 0 bridgehead atoms. The van der Waals surface area contributed by atoms with Crippen molar-refractivity contribution in [2.45, 2.75) is 46.0 Å². The van der Waals surface area contributed by atoms with E-state index in [2.05, 4.69) is 83.1 Å². The molecule has 0 amide bonds. The summed E-state index contributed by atoms with van der Waals surface area (Å²) in [5.74, 6) is 0. The Balaban J connectivity index is 2.29. The van der Waals surface area contributed by atoms with Crippen LogP contribution in [0.5, 0.6) is 0 Å². The van der Waals surface area contributed by atoms with Gasteiger partial charge in [-0.25, -0.2) is 0 Å². The molecule has 2 heteroatoms. The van der Waals surface area contributed by atoms with E-state index in [0.29, 0.717) is 0 Å². The second kappa shape index (κ2) is 6.49. The lowest BCUT2D eigenvalue weighted by atomic mass is 9.68. The van der Waals surface area contributed by atoms with E-state index in [1.165, 1.54) is 22.3 Å². The van der Waals surface area contributed by atoms with Gasteiger partial charge in [0.15, 0.2) is 0 Å². The minimum atomic E-state index is -0.0505.